The van der Waals surface area contributed by atoms with Crippen LogP contribution in [0.1, 0.15) is 70.4 Å². The molecule has 2 aromatic rings. The summed E-state index contributed by atoms with van der Waals surface area (Å²) in [5.41, 5.74) is 1.23. The number of rotatable bonds is 10. The summed E-state index contributed by atoms with van der Waals surface area (Å²) in [5.74, 6) is 0.323. The topological polar surface area (TPSA) is 85.4 Å². The van der Waals surface area contributed by atoms with Crippen LogP contribution in [-0.2, 0) is 21.7 Å². The fraction of sp³-hybridized carbons (Fsp3) is 0.568. The predicted molar refractivity (Wildman–Crippen MR) is 179 cm³/mol. The second-order valence-corrected chi connectivity index (χ2v) is 14.3. The van der Waals surface area contributed by atoms with E-state index >= 15 is 0 Å². The first-order valence-electron chi connectivity index (χ1n) is 16.8. The highest BCUT2D eigenvalue weighted by atomic mass is 16.6. The van der Waals surface area contributed by atoms with Crippen LogP contribution in [0, 0.1) is 11.8 Å². The van der Waals surface area contributed by atoms with Crippen molar-refractivity contribution in [3.8, 4) is 0 Å². The fourth-order valence-corrected chi connectivity index (χ4v) is 7.40. The summed E-state index contributed by atoms with van der Waals surface area (Å²) in [6.07, 6.45) is 7.80. The number of carbonyl (C=O) groups is 2. The zero-order valence-electron chi connectivity index (χ0n) is 27.4. The molecule has 0 unspecified atom stereocenters. The van der Waals surface area contributed by atoms with Gasteiger partial charge in [-0.3, -0.25) is 15.0 Å². The maximum absolute atomic E-state index is 13.4. The molecule has 8 heteroatoms. The van der Waals surface area contributed by atoms with Crippen LogP contribution in [0.2, 0.25) is 0 Å². The molecule has 2 aliphatic heterocycles. The van der Waals surface area contributed by atoms with E-state index in [4.69, 9.17) is 4.74 Å². The Morgan fingerprint density at radius 2 is 1.71 bits per heavy atom. The third kappa shape index (κ3) is 8.54. The first-order chi connectivity index (χ1) is 21.5. The maximum atomic E-state index is 13.4. The van der Waals surface area contributed by atoms with E-state index in [0.29, 0.717) is 24.8 Å². The normalized spacial score (nSPS) is 23.4. The first-order valence-corrected chi connectivity index (χ1v) is 16.8. The Hall–Kier alpha value is -3.20. The minimum atomic E-state index is -1.04. The number of β-amino-alcohol motifs (C(OH)–C–C–N with tert-alkyl or cyclic N) is 1. The van der Waals surface area contributed by atoms with Crippen molar-refractivity contribution in [3.05, 3.63) is 78.4 Å². The molecule has 2 aromatic carbocycles. The van der Waals surface area contributed by atoms with E-state index in [2.05, 4.69) is 33.8 Å². The van der Waals surface area contributed by atoms with Gasteiger partial charge in [-0.2, -0.15) is 0 Å². The molecule has 0 spiro atoms. The van der Waals surface area contributed by atoms with Gasteiger partial charge in [0, 0.05) is 49.7 Å². The number of carbonyl (C=O) groups excluding carboxylic acids is 2. The zero-order chi connectivity index (χ0) is 32.0. The van der Waals surface area contributed by atoms with E-state index in [-0.39, 0.29) is 17.7 Å². The lowest BCUT2D eigenvalue weighted by Crippen LogP contribution is -2.48. The minimum Gasteiger partial charge on any atom is -0.444 e. The summed E-state index contributed by atoms with van der Waals surface area (Å²) in [6, 6.07) is 18.3. The predicted octanol–water partition coefficient (Wildman–Crippen LogP) is 6.02. The molecule has 2 atom stereocenters. The summed E-state index contributed by atoms with van der Waals surface area (Å²) >= 11 is 0. The summed E-state index contributed by atoms with van der Waals surface area (Å²) in [7, 11) is 0. The van der Waals surface area contributed by atoms with Crippen LogP contribution in [-0.4, -0.2) is 82.7 Å². The second kappa shape index (κ2) is 14.5. The van der Waals surface area contributed by atoms with E-state index < -0.39 is 17.3 Å². The lowest BCUT2D eigenvalue weighted by molar-refractivity contribution is -0.135. The van der Waals surface area contributed by atoms with Crippen molar-refractivity contribution in [2.45, 2.75) is 83.1 Å². The van der Waals surface area contributed by atoms with Crippen LogP contribution in [0.25, 0.3) is 0 Å². The lowest BCUT2D eigenvalue weighted by Gasteiger charge is -2.40. The molecule has 2 heterocycles. The number of anilines is 1. The van der Waals surface area contributed by atoms with Crippen LogP contribution in [0.15, 0.2) is 67.3 Å². The number of nitrogens with zero attached hydrogens (tertiary/aromatic N) is 3. The van der Waals surface area contributed by atoms with Crippen molar-refractivity contribution in [3.63, 3.8) is 0 Å². The van der Waals surface area contributed by atoms with Crippen LogP contribution < -0.4 is 5.32 Å². The van der Waals surface area contributed by atoms with Gasteiger partial charge in [-0.25, -0.2) is 4.79 Å². The first kappa shape index (κ1) is 33.2. The monoisotopic (exact) mass is 616 g/mol. The molecule has 3 fully saturated rings. The third-order valence-corrected chi connectivity index (χ3v) is 9.74. The Bertz CT molecular complexity index is 1280. The number of hydrogen-bond donors (Lipinski definition) is 2. The Morgan fingerprint density at radius 3 is 2.33 bits per heavy atom. The van der Waals surface area contributed by atoms with E-state index in [1.165, 1.54) is 5.56 Å². The van der Waals surface area contributed by atoms with Crippen LogP contribution in [0.5, 0.6) is 0 Å². The largest absolute Gasteiger partial charge is 0.444 e. The summed E-state index contributed by atoms with van der Waals surface area (Å²) in [6.45, 7) is 14.8. The molecule has 8 nitrogen and oxygen atoms in total. The molecular weight excluding hydrogens is 564 g/mol. The number of ether oxygens (including phenoxy) is 1. The molecule has 1 saturated carbocycles. The van der Waals surface area contributed by atoms with Gasteiger partial charge in [0.15, 0.2) is 0 Å². The fourth-order valence-electron chi connectivity index (χ4n) is 7.40. The Kier molecular flexibility index (Phi) is 10.7. The third-order valence-electron chi connectivity index (χ3n) is 9.74. The van der Waals surface area contributed by atoms with Crippen molar-refractivity contribution in [1.29, 1.82) is 0 Å². The number of benzene rings is 2. The van der Waals surface area contributed by atoms with Crippen molar-refractivity contribution < 1.29 is 19.4 Å². The number of piperidine rings is 1. The summed E-state index contributed by atoms with van der Waals surface area (Å²) in [5, 5.41) is 14.9. The van der Waals surface area contributed by atoms with Gasteiger partial charge in [0.2, 0.25) is 5.91 Å². The highest BCUT2D eigenvalue weighted by Crippen LogP contribution is 2.40. The van der Waals surface area contributed by atoms with Crippen molar-refractivity contribution >= 4 is 17.7 Å². The van der Waals surface area contributed by atoms with Crippen molar-refractivity contribution in [1.82, 2.24) is 14.7 Å². The molecule has 45 heavy (non-hydrogen) atoms. The molecule has 2 saturated heterocycles. The van der Waals surface area contributed by atoms with Gasteiger partial charge in [-0.15, -0.1) is 6.58 Å². The van der Waals surface area contributed by atoms with Gasteiger partial charge in [-0.1, -0.05) is 61.4 Å². The van der Waals surface area contributed by atoms with Gasteiger partial charge in [0.1, 0.15) is 11.2 Å². The van der Waals surface area contributed by atoms with Crippen LogP contribution >= 0.6 is 0 Å². The minimum absolute atomic E-state index is 0.0288. The highest BCUT2D eigenvalue weighted by Gasteiger charge is 2.49. The summed E-state index contributed by atoms with van der Waals surface area (Å²) < 4.78 is 5.36. The summed E-state index contributed by atoms with van der Waals surface area (Å²) in [4.78, 5) is 32.5. The Labute approximate surface area is 269 Å². The number of amides is 2. The van der Waals surface area contributed by atoms with Crippen LogP contribution in [0.4, 0.5) is 10.5 Å². The Morgan fingerprint density at radius 1 is 1.04 bits per heavy atom. The Balaban J connectivity index is 1.18. The molecule has 3 aliphatic rings. The maximum Gasteiger partial charge on any atom is 0.412 e. The molecule has 0 radical (unpaired) electrons. The lowest BCUT2D eigenvalue weighted by atomic mass is 9.83. The van der Waals surface area contributed by atoms with Crippen LogP contribution in [0.3, 0.4) is 0 Å². The zero-order valence-corrected chi connectivity index (χ0v) is 27.4. The number of nitrogens with one attached hydrogen (secondary N) is 1. The molecule has 244 valence electrons. The van der Waals surface area contributed by atoms with Gasteiger partial charge >= 0.3 is 6.09 Å². The standard InChI is InChI=1S/C37H52N4O4/c1-5-21-40(24-28-15-17-32(18-16-28)38-35(43)45-36(2,3)4)33-19-22-39(23-20-33)25-31-26-41(34(42)29-11-9-10-12-29)27-37(31,44)30-13-7-6-8-14-30/h5-8,13-18,29,31,33,44H,1,9-12,19-27H2,2-4H3,(H,38,43)/t31-,37-/m0/s1. The quantitative estimate of drug-likeness (QED) is 0.318. The number of likely N-dealkylation sites (tertiary alicyclic amines) is 2. The van der Waals surface area contributed by atoms with Gasteiger partial charge in [0.25, 0.3) is 0 Å². The number of aliphatic hydroxyl groups is 1. The molecular formula is C37H52N4O4. The van der Waals surface area contributed by atoms with E-state index in [1.54, 1.807) is 0 Å². The van der Waals surface area contributed by atoms with Gasteiger partial charge in [-0.05, 0) is 82.8 Å². The van der Waals surface area contributed by atoms with E-state index in [9.17, 15) is 14.7 Å². The molecule has 2 amide bonds. The molecule has 5 rings (SSSR count). The SMILES string of the molecule is C=CCN(Cc1ccc(NC(=O)OC(C)(C)C)cc1)C1CCN(C[C@H]2CN(C(=O)C3CCCC3)C[C@]2(O)c2ccccc2)CC1. The molecule has 0 bridgehead atoms. The average Bonchev–Trinajstić information content (AvgIpc) is 3.67. The van der Waals surface area contributed by atoms with E-state index in [1.807, 2.05) is 74.2 Å². The van der Waals surface area contributed by atoms with Crippen molar-refractivity contribution in [2.75, 3.05) is 44.6 Å². The van der Waals surface area contributed by atoms with E-state index in [0.717, 1.165) is 76.8 Å². The molecule has 2 N–H and O–H groups in total. The average molecular weight is 617 g/mol. The van der Waals surface area contributed by atoms with Gasteiger partial charge in [0.05, 0.1) is 6.54 Å². The smallest absolute Gasteiger partial charge is 0.412 e. The highest BCUT2D eigenvalue weighted by molar-refractivity contribution is 5.84. The molecule has 0 aromatic heterocycles. The van der Waals surface area contributed by atoms with Crippen molar-refractivity contribution in [2.24, 2.45) is 11.8 Å². The second-order valence-electron chi connectivity index (χ2n) is 14.3. The number of hydrogen-bond acceptors (Lipinski definition) is 6. The van der Waals surface area contributed by atoms with Gasteiger partial charge < -0.3 is 19.6 Å². The molecule has 1 aliphatic carbocycles.